The van der Waals surface area contributed by atoms with Gasteiger partial charge in [-0.05, 0) is 34.1 Å². The van der Waals surface area contributed by atoms with Crippen LogP contribution < -0.4 is 4.74 Å². The molecule has 0 saturated carbocycles. The number of ketones is 1. The van der Waals surface area contributed by atoms with Crippen molar-refractivity contribution in [3.8, 4) is 18.1 Å². The van der Waals surface area contributed by atoms with Gasteiger partial charge in [-0.15, -0.1) is 12.3 Å². The minimum Gasteiger partial charge on any atom is -0.496 e. The van der Waals surface area contributed by atoms with Crippen molar-refractivity contribution in [1.82, 2.24) is 0 Å². The van der Waals surface area contributed by atoms with Crippen LogP contribution in [-0.2, 0) is 0 Å². The number of halogens is 1. The lowest BCUT2D eigenvalue weighted by atomic mass is 10.1. The highest BCUT2D eigenvalue weighted by molar-refractivity contribution is 9.10. The molecule has 0 saturated heterocycles. The molecule has 78 valence electrons. The molecule has 0 amide bonds. The zero-order valence-corrected chi connectivity index (χ0v) is 10.0. The Balaban J connectivity index is 2.84. The van der Waals surface area contributed by atoms with Crippen molar-refractivity contribution in [2.45, 2.75) is 12.8 Å². The lowest BCUT2D eigenvalue weighted by Gasteiger charge is -2.04. The summed E-state index contributed by atoms with van der Waals surface area (Å²) >= 11 is 3.33. The highest BCUT2D eigenvalue weighted by Crippen LogP contribution is 2.26. The van der Waals surface area contributed by atoms with Gasteiger partial charge in [-0.3, -0.25) is 4.79 Å². The third-order valence-electron chi connectivity index (χ3n) is 1.97. The lowest BCUT2D eigenvalue weighted by molar-refractivity contribution is 0.0984. The van der Waals surface area contributed by atoms with Gasteiger partial charge in [0.2, 0.25) is 0 Å². The van der Waals surface area contributed by atoms with E-state index in [4.69, 9.17) is 11.2 Å². The summed E-state index contributed by atoms with van der Waals surface area (Å²) in [5, 5.41) is 0. The summed E-state index contributed by atoms with van der Waals surface area (Å²) in [5.74, 6) is 3.21. The van der Waals surface area contributed by atoms with E-state index in [1.807, 2.05) is 0 Å². The van der Waals surface area contributed by atoms with Crippen LogP contribution in [0.1, 0.15) is 23.2 Å². The Morgan fingerprint density at radius 2 is 2.33 bits per heavy atom. The van der Waals surface area contributed by atoms with Gasteiger partial charge in [0, 0.05) is 18.4 Å². The minimum atomic E-state index is 0.0521. The lowest BCUT2D eigenvalue weighted by Crippen LogP contribution is -1.98. The fourth-order valence-electron chi connectivity index (χ4n) is 1.17. The molecule has 0 heterocycles. The number of Topliss-reactive ketones (excluding diaryl/α,β-unsaturated/α-hetero) is 1. The third-order valence-corrected chi connectivity index (χ3v) is 2.59. The Morgan fingerprint density at radius 3 is 2.87 bits per heavy atom. The Hall–Kier alpha value is -1.27. The number of hydrogen-bond donors (Lipinski definition) is 0. The summed E-state index contributed by atoms with van der Waals surface area (Å²) in [6.45, 7) is 0. The van der Waals surface area contributed by atoms with Crippen LogP contribution in [0.15, 0.2) is 22.7 Å². The molecule has 3 heteroatoms. The summed E-state index contributed by atoms with van der Waals surface area (Å²) in [5.41, 5.74) is 0.651. The molecule has 15 heavy (non-hydrogen) atoms. The molecule has 0 unspecified atom stereocenters. The molecule has 0 aliphatic rings. The number of carbonyl (C=O) groups excluding carboxylic acids is 1. The van der Waals surface area contributed by atoms with Crippen LogP contribution in [0.4, 0.5) is 0 Å². The van der Waals surface area contributed by atoms with Crippen molar-refractivity contribution >= 4 is 21.7 Å². The van der Waals surface area contributed by atoms with Crippen molar-refractivity contribution in [2.24, 2.45) is 0 Å². The Bertz CT molecular complexity index is 405. The fourth-order valence-corrected chi connectivity index (χ4v) is 1.71. The topological polar surface area (TPSA) is 26.3 Å². The van der Waals surface area contributed by atoms with Gasteiger partial charge in [-0.1, -0.05) is 0 Å². The summed E-state index contributed by atoms with van der Waals surface area (Å²) < 4.78 is 5.84. The maximum atomic E-state index is 11.6. The molecule has 1 aromatic carbocycles. The van der Waals surface area contributed by atoms with Gasteiger partial charge < -0.3 is 4.74 Å². The first-order valence-corrected chi connectivity index (χ1v) is 5.28. The Kier molecular flexibility index (Phi) is 4.38. The van der Waals surface area contributed by atoms with Crippen molar-refractivity contribution in [3.05, 3.63) is 28.2 Å². The summed E-state index contributed by atoms with van der Waals surface area (Å²) in [4.78, 5) is 11.6. The second-order valence-corrected chi connectivity index (χ2v) is 3.83. The molecular weight excluding hydrogens is 256 g/mol. The highest BCUT2D eigenvalue weighted by Gasteiger charge is 2.07. The van der Waals surface area contributed by atoms with Crippen LogP contribution in [-0.4, -0.2) is 12.9 Å². The van der Waals surface area contributed by atoms with Gasteiger partial charge in [0.1, 0.15) is 5.75 Å². The van der Waals surface area contributed by atoms with Crippen LogP contribution in [0.2, 0.25) is 0 Å². The monoisotopic (exact) mass is 266 g/mol. The largest absolute Gasteiger partial charge is 0.496 e. The first-order valence-electron chi connectivity index (χ1n) is 4.49. The SMILES string of the molecule is C#CCCC(=O)c1ccc(OC)c(Br)c1. The first kappa shape index (κ1) is 11.8. The van der Waals surface area contributed by atoms with E-state index in [9.17, 15) is 4.79 Å². The van der Waals surface area contributed by atoms with Gasteiger partial charge in [0.15, 0.2) is 5.78 Å². The summed E-state index contributed by atoms with van der Waals surface area (Å²) in [7, 11) is 1.58. The van der Waals surface area contributed by atoms with Crippen LogP contribution in [0.3, 0.4) is 0 Å². The van der Waals surface area contributed by atoms with E-state index in [0.29, 0.717) is 24.2 Å². The molecule has 0 atom stereocenters. The maximum Gasteiger partial charge on any atom is 0.163 e. The average Bonchev–Trinajstić information content (AvgIpc) is 2.25. The number of ether oxygens (including phenoxy) is 1. The summed E-state index contributed by atoms with van der Waals surface area (Å²) in [6.07, 6.45) is 5.96. The third kappa shape index (κ3) is 3.10. The number of carbonyl (C=O) groups is 1. The Morgan fingerprint density at radius 1 is 1.60 bits per heavy atom. The van der Waals surface area contributed by atoms with E-state index < -0.39 is 0 Å². The van der Waals surface area contributed by atoms with Crippen LogP contribution in [0.5, 0.6) is 5.75 Å². The summed E-state index contributed by atoms with van der Waals surface area (Å²) in [6, 6.07) is 5.24. The number of benzene rings is 1. The zero-order valence-electron chi connectivity index (χ0n) is 8.42. The Labute approximate surface area is 97.8 Å². The van der Waals surface area contributed by atoms with Crippen molar-refractivity contribution < 1.29 is 9.53 Å². The fraction of sp³-hybridized carbons (Fsp3) is 0.250. The molecule has 1 rings (SSSR count). The minimum absolute atomic E-state index is 0.0521. The van der Waals surface area contributed by atoms with Gasteiger partial charge in [0.25, 0.3) is 0 Å². The molecule has 1 aromatic rings. The molecule has 0 aliphatic heterocycles. The molecule has 0 aliphatic carbocycles. The van der Waals surface area contributed by atoms with Crippen LogP contribution in [0, 0.1) is 12.3 Å². The average molecular weight is 267 g/mol. The van der Waals surface area contributed by atoms with Crippen molar-refractivity contribution in [1.29, 1.82) is 0 Å². The number of hydrogen-bond acceptors (Lipinski definition) is 2. The predicted molar refractivity (Wildman–Crippen MR) is 63.1 cm³/mol. The van der Waals surface area contributed by atoms with E-state index in [-0.39, 0.29) is 5.78 Å². The molecular formula is C12H11BrO2. The smallest absolute Gasteiger partial charge is 0.163 e. The van der Waals surface area contributed by atoms with Gasteiger partial charge >= 0.3 is 0 Å². The van der Waals surface area contributed by atoms with Gasteiger partial charge in [0.05, 0.1) is 11.6 Å². The molecule has 0 bridgehead atoms. The van der Waals surface area contributed by atoms with Crippen molar-refractivity contribution in [3.63, 3.8) is 0 Å². The molecule has 0 N–H and O–H groups in total. The second-order valence-electron chi connectivity index (χ2n) is 2.98. The molecule has 0 fully saturated rings. The van der Waals surface area contributed by atoms with E-state index in [1.54, 1.807) is 25.3 Å². The van der Waals surface area contributed by atoms with Crippen LogP contribution in [0.25, 0.3) is 0 Å². The van der Waals surface area contributed by atoms with E-state index in [1.165, 1.54) is 0 Å². The predicted octanol–water partition coefficient (Wildman–Crippen LogP) is 3.05. The quantitative estimate of drug-likeness (QED) is 0.619. The number of terminal acetylenes is 1. The molecule has 2 nitrogen and oxygen atoms in total. The first-order chi connectivity index (χ1) is 7.19. The van der Waals surface area contributed by atoms with E-state index in [2.05, 4.69) is 21.9 Å². The molecule has 0 radical (unpaired) electrons. The number of methoxy groups -OCH3 is 1. The maximum absolute atomic E-state index is 11.6. The molecule has 0 aromatic heterocycles. The second kappa shape index (κ2) is 5.57. The highest BCUT2D eigenvalue weighted by atomic mass is 79.9. The van der Waals surface area contributed by atoms with E-state index in [0.717, 1.165) is 4.47 Å². The standard InChI is InChI=1S/C12H11BrO2/c1-3-4-5-11(14)9-6-7-12(15-2)10(13)8-9/h1,6-8H,4-5H2,2H3. The van der Waals surface area contributed by atoms with Gasteiger partial charge in [-0.25, -0.2) is 0 Å². The van der Waals surface area contributed by atoms with Crippen molar-refractivity contribution in [2.75, 3.05) is 7.11 Å². The zero-order chi connectivity index (χ0) is 11.3. The van der Waals surface area contributed by atoms with Crippen LogP contribution >= 0.6 is 15.9 Å². The normalized spacial score (nSPS) is 9.40. The van der Waals surface area contributed by atoms with E-state index >= 15 is 0 Å². The van der Waals surface area contributed by atoms with Gasteiger partial charge in [-0.2, -0.15) is 0 Å². The molecule has 0 spiro atoms. The number of rotatable bonds is 4.